The van der Waals surface area contributed by atoms with Crippen LogP contribution < -0.4 is 20.1 Å². The predicted molar refractivity (Wildman–Crippen MR) is 125 cm³/mol. The number of nitrogens with zero attached hydrogens (tertiary/aromatic N) is 1. The van der Waals surface area contributed by atoms with E-state index in [0.29, 0.717) is 35.0 Å². The summed E-state index contributed by atoms with van der Waals surface area (Å²) in [7, 11) is 0. The van der Waals surface area contributed by atoms with Gasteiger partial charge in [0.05, 0.1) is 11.3 Å². The number of para-hydroxylation sites is 1. The molecule has 1 aliphatic rings. The number of hydrogen-bond donors (Lipinski definition) is 2. The molecule has 3 aromatic carbocycles. The van der Waals surface area contributed by atoms with Crippen molar-refractivity contribution < 1.29 is 23.6 Å². The van der Waals surface area contributed by atoms with Gasteiger partial charge in [0.15, 0.2) is 11.5 Å². The molecule has 8 heteroatoms. The largest absolute Gasteiger partial charge is 0.454 e. The van der Waals surface area contributed by atoms with Crippen LogP contribution in [0.5, 0.6) is 11.5 Å². The summed E-state index contributed by atoms with van der Waals surface area (Å²) in [4.78, 5) is 25.6. The van der Waals surface area contributed by atoms with E-state index in [-0.39, 0.29) is 18.5 Å². The second-order valence-corrected chi connectivity index (χ2v) is 7.81. The smallest absolute Gasteiger partial charge is 0.294 e. The summed E-state index contributed by atoms with van der Waals surface area (Å²) in [5.74, 6) is 0.553. The number of aryl methyl sites for hydroxylation is 1. The van der Waals surface area contributed by atoms with Crippen molar-refractivity contribution in [2.45, 2.75) is 13.5 Å². The molecule has 0 fully saturated rings. The molecule has 0 atom stereocenters. The zero-order chi connectivity index (χ0) is 23.5. The highest BCUT2D eigenvalue weighted by Gasteiger charge is 2.18. The molecule has 8 nitrogen and oxygen atoms in total. The van der Waals surface area contributed by atoms with Gasteiger partial charge in [-0.2, -0.15) is 0 Å². The highest BCUT2D eigenvalue weighted by atomic mass is 16.7. The molecule has 2 amide bonds. The van der Waals surface area contributed by atoms with E-state index in [4.69, 9.17) is 14.0 Å². The van der Waals surface area contributed by atoms with Crippen molar-refractivity contribution in [3.8, 4) is 22.8 Å². The van der Waals surface area contributed by atoms with Crippen molar-refractivity contribution >= 4 is 17.5 Å². The normalized spacial score (nSPS) is 11.8. The molecule has 0 saturated carbocycles. The van der Waals surface area contributed by atoms with Gasteiger partial charge in [-0.1, -0.05) is 53.2 Å². The van der Waals surface area contributed by atoms with Crippen LogP contribution in [0.2, 0.25) is 0 Å². The fraction of sp³-hybridized carbons (Fsp3) is 0.115. The van der Waals surface area contributed by atoms with Crippen molar-refractivity contribution in [3.05, 3.63) is 95.2 Å². The van der Waals surface area contributed by atoms with Crippen LogP contribution in [0.3, 0.4) is 0 Å². The molecular formula is C26H21N3O5. The standard InChI is InChI=1S/C26H21N3O5/c1-16-6-9-18(10-7-16)21-13-24(34-29-21)26(31)28-20-5-3-2-4-19(20)25(30)27-14-17-8-11-22-23(12-17)33-15-32-22/h2-13H,14-15H2,1H3,(H,27,30)(H,28,31). The Bertz CT molecular complexity index is 1360. The molecule has 0 saturated heterocycles. The number of rotatable bonds is 6. The van der Waals surface area contributed by atoms with Gasteiger partial charge in [0.2, 0.25) is 12.6 Å². The highest BCUT2D eigenvalue weighted by molar-refractivity contribution is 6.08. The van der Waals surface area contributed by atoms with Gasteiger partial charge in [-0.15, -0.1) is 0 Å². The Morgan fingerprint density at radius 3 is 2.56 bits per heavy atom. The van der Waals surface area contributed by atoms with Crippen molar-refractivity contribution in [2.75, 3.05) is 12.1 Å². The van der Waals surface area contributed by atoms with Gasteiger partial charge in [-0.3, -0.25) is 9.59 Å². The molecule has 170 valence electrons. The average molecular weight is 455 g/mol. The van der Waals surface area contributed by atoms with E-state index >= 15 is 0 Å². The lowest BCUT2D eigenvalue weighted by atomic mass is 10.1. The van der Waals surface area contributed by atoms with E-state index in [0.717, 1.165) is 16.7 Å². The highest BCUT2D eigenvalue weighted by Crippen LogP contribution is 2.32. The first kappa shape index (κ1) is 21.3. The first-order valence-electron chi connectivity index (χ1n) is 10.7. The van der Waals surface area contributed by atoms with Crippen LogP contribution in [-0.2, 0) is 6.54 Å². The van der Waals surface area contributed by atoms with Crippen LogP contribution in [0.15, 0.2) is 77.3 Å². The van der Waals surface area contributed by atoms with E-state index in [1.54, 1.807) is 36.4 Å². The molecule has 5 rings (SSSR count). The molecule has 2 heterocycles. The molecule has 1 aliphatic heterocycles. The lowest BCUT2D eigenvalue weighted by Crippen LogP contribution is -2.24. The molecule has 0 aliphatic carbocycles. The third-order valence-corrected chi connectivity index (χ3v) is 5.39. The number of fused-ring (bicyclic) bond motifs is 1. The minimum absolute atomic E-state index is 0.0474. The minimum atomic E-state index is -0.498. The van der Waals surface area contributed by atoms with E-state index in [1.165, 1.54) is 0 Å². The van der Waals surface area contributed by atoms with E-state index < -0.39 is 5.91 Å². The number of carbonyl (C=O) groups excluding carboxylic acids is 2. The van der Waals surface area contributed by atoms with Crippen molar-refractivity contribution in [1.82, 2.24) is 10.5 Å². The Morgan fingerprint density at radius 1 is 0.912 bits per heavy atom. The second-order valence-electron chi connectivity index (χ2n) is 7.81. The number of benzene rings is 3. The van der Waals surface area contributed by atoms with Crippen LogP contribution in [0, 0.1) is 6.92 Å². The quantitative estimate of drug-likeness (QED) is 0.442. The lowest BCUT2D eigenvalue weighted by Gasteiger charge is -2.11. The third-order valence-electron chi connectivity index (χ3n) is 5.39. The van der Waals surface area contributed by atoms with Gasteiger partial charge in [0.1, 0.15) is 5.69 Å². The fourth-order valence-electron chi connectivity index (χ4n) is 3.55. The molecule has 1 aromatic heterocycles. The Labute approximate surface area is 195 Å². The first-order valence-corrected chi connectivity index (χ1v) is 10.7. The monoisotopic (exact) mass is 455 g/mol. The number of amides is 2. The van der Waals surface area contributed by atoms with E-state index in [2.05, 4.69) is 15.8 Å². The molecule has 0 spiro atoms. The lowest BCUT2D eigenvalue weighted by molar-refractivity contribution is 0.0951. The maximum absolute atomic E-state index is 12.9. The number of anilines is 1. The van der Waals surface area contributed by atoms with E-state index in [9.17, 15) is 9.59 Å². The number of hydrogen-bond acceptors (Lipinski definition) is 6. The van der Waals surface area contributed by atoms with Crippen molar-refractivity contribution in [1.29, 1.82) is 0 Å². The van der Waals surface area contributed by atoms with Gasteiger partial charge < -0.3 is 24.6 Å². The molecule has 0 bridgehead atoms. The molecule has 0 unspecified atom stereocenters. The van der Waals surface area contributed by atoms with Crippen LogP contribution in [-0.4, -0.2) is 23.8 Å². The fourth-order valence-corrected chi connectivity index (χ4v) is 3.55. The van der Waals surface area contributed by atoms with E-state index in [1.807, 2.05) is 43.3 Å². The minimum Gasteiger partial charge on any atom is -0.454 e. The summed E-state index contributed by atoms with van der Waals surface area (Å²) in [6.45, 7) is 2.48. The predicted octanol–water partition coefficient (Wildman–Crippen LogP) is 4.56. The molecule has 0 radical (unpaired) electrons. The van der Waals surface area contributed by atoms with Crippen LogP contribution in [0.25, 0.3) is 11.3 Å². The number of ether oxygens (including phenoxy) is 2. The van der Waals surface area contributed by atoms with Crippen LogP contribution in [0.1, 0.15) is 32.0 Å². The Hall–Kier alpha value is -4.59. The summed E-state index contributed by atoms with van der Waals surface area (Å²) >= 11 is 0. The zero-order valence-corrected chi connectivity index (χ0v) is 18.3. The van der Waals surface area contributed by atoms with Crippen molar-refractivity contribution in [2.24, 2.45) is 0 Å². The Balaban J connectivity index is 1.27. The van der Waals surface area contributed by atoms with Crippen LogP contribution in [0.4, 0.5) is 5.69 Å². The number of nitrogens with one attached hydrogen (secondary N) is 2. The zero-order valence-electron chi connectivity index (χ0n) is 18.3. The molecule has 2 N–H and O–H groups in total. The summed E-state index contributed by atoms with van der Waals surface area (Å²) in [6, 6.07) is 21.6. The summed E-state index contributed by atoms with van der Waals surface area (Å²) in [6.07, 6.45) is 0. The Morgan fingerprint density at radius 2 is 1.71 bits per heavy atom. The van der Waals surface area contributed by atoms with Gasteiger partial charge in [0.25, 0.3) is 11.8 Å². The summed E-state index contributed by atoms with van der Waals surface area (Å²) in [5.41, 5.74) is 4.08. The molecule has 4 aromatic rings. The first-order chi connectivity index (χ1) is 16.6. The van der Waals surface area contributed by atoms with Crippen molar-refractivity contribution in [3.63, 3.8) is 0 Å². The maximum atomic E-state index is 12.9. The van der Waals surface area contributed by atoms with Gasteiger partial charge in [-0.25, -0.2) is 0 Å². The second kappa shape index (κ2) is 9.11. The van der Waals surface area contributed by atoms with Gasteiger partial charge in [-0.05, 0) is 36.8 Å². The molecular weight excluding hydrogens is 434 g/mol. The third kappa shape index (κ3) is 4.47. The van der Waals surface area contributed by atoms with Crippen LogP contribution >= 0.6 is 0 Å². The van der Waals surface area contributed by atoms with Gasteiger partial charge >= 0.3 is 0 Å². The summed E-state index contributed by atoms with van der Waals surface area (Å²) < 4.78 is 15.9. The SMILES string of the molecule is Cc1ccc(-c2cc(C(=O)Nc3ccccc3C(=O)NCc3ccc4c(c3)OCO4)on2)cc1. The topological polar surface area (TPSA) is 103 Å². The Kier molecular flexibility index (Phi) is 5.70. The number of carbonyl (C=O) groups is 2. The molecule has 34 heavy (non-hydrogen) atoms. The summed E-state index contributed by atoms with van der Waals surface area (Å²) in [5, 5.41) is 9.60. The average Bonchev–Trinajstić information content (AvgIpc) is 3.53. The van der Waals surface area contributed by atoms with Gasteiger partial charge in [0, 0.05) is 18.2 Å². The number of aromatic nitrogens is 1. The maximum Gasteiger partial charge on any atom is 0.294 e.